The quantitative estimate of drug-likeness (QED) is 0.512. The summed E-state index contributed by atoms with van der Waals surface area (Å²) in [5.41, 5.74) is 1.90. The van der Waals surface area contributed by atoms with Crippen molar-refractivity contribution in [2.45, 2.75) is 23.8 Å². The minimum absolute atomic E-state index is 0.0785. The number of aromatic nitrogens is 1. The van der Waals surface area contributed by atoms with E-state index in [1.54, 1.807) is 7.05 Å². The summed E-state index contributed by atoms with van der Waals surface area (Å²) in [5, 5.41) is 5.06. The van der Waals surface area contributed by atoms with Crippen LogP contribution in [0.3, 0.4) is 0 Å². The lowest BCUT2D eigenvalue weighted by atomic mass is 10.1. The van der Waals surface area contributed by atoms with Crippen LogP contribution in [0.4, 0.5) is 5.13 Å². The molecule has 11 heteroatoms. The number of sulfonamides is 1. The van der Waals surface area contributed by atoms with E-state index in [-0.39, 0.29) is 16.9 Å². The van der Waals surface area contributed by atoms with Gasteiger partial charge in [-0.25, -0.2) is 13.4 Å². The molecule has 35 heavy (non-hydrogen) atoms. The maximum absolute atomic E-state index is 12.9. The van der Waals surface area contributed by atoms with Gasteiger partial charge in [0.25, 0.3) is 5.91 Å². The van der Waals surface area contributed by atoms with Gasteiger partial charge in [-0.1, -0.05) is 0 Å². The number of amides is 1. The maximum atomic E-state index is 12.9. The van der Waals surface area contributed by atoms with Crippen molar-refractivity contribution >= 4 is 32.4 Å². The number of carbonyl (C=O) groups excluding carboxylic acids is 1. The highest BCUT2D eigenvalue weighted by Crippen LogP contribution is 2.35. The minimum atomic E-state index is -3.67. The van der Waals surface area contributed by atoms with Crippen molar-refractivity contribution in [1.82, 2.24) is 9.29 Å². The number of fused-ring (bicyclic) bond motifs is 1. The molecule has 1 amide bonds. The molecule has 1 atom stereocenters. The van der Waals surface area contributed by atoms with Crippen LogP contribution >= 0.6 is 11.3 Å². The van der Waals surface area contributed by atoms with Crippen molar-refractivity contribution in [2.75, 3.05) is 38.7 Å². The molecule has 1 aromatic heterocycles. The molecule has 9 nitrogen and oxygen atoms in total. The molecule has 2 aliphatic heterocycles. The zero-order valence-corrected chi connectivity index (χ0v) is 20.7. The monoisotopic (exact) mass is 515 g/mol. The number of likely N-dealkylation sites (N-methyl/N-ethyl adjacent to an activating group) is 1. The number of nitrogens with zero attached hydrogens (tertiary/aromatic N) is 2. The van der Waals surface area contributed by atoms with Crippen molar-refractivity contribution in [3.8, 4) is 22.8 Å². The van der Waals surface area contributed by atoms with E-state index in [2.05, 4.69) is 10.3 Å². The molecule has 1 N–H and O–H groups in total. The smallest absolute Gasteiger partial charge is 0.257 e. The third-order valence-electron chi connectivity index (χ3n) is 5.87. The third kappa shape index (κ3) is 5.18. The first kappa shape index (κ1) is 23.7. The Kier molecular flexibility index (Phi) is 6.74. The Hall–Kier alpha value is -2.99. The lowest BCUT2D eigenvalue weighted by molar-refractivity contribution is 0.0979. The van der Waals surface area contributed by atoms with Crippen molar-refractivity contribution in [3.05, 3.63) is 53.4 Å². The highest BCUT2D eigenvalue weighted by Gasteiger charge is 2.26. The van der Waals surface area contributed by atoms with Gasteiger partial charge in [-0.3, -0.25) is 10.1 Å². The summed E-state index contributed by atoms with van der Waals surface area (Å²) in [7, 11) is -2.13. The second-order valence-electron chi connectivity index (χ2n) is 8.30. The van der Waals surface area contributed by atoms with Crippen LogP contribution in [0.1, 0.15) is 23.2 Å². The van der Waals surface area contributed by atoms with Crippen LogP contribution in [0.2, 0.25) is 0 Å². The number of thiazole rings is 1. The maximum Gasteiger partial charge on any atom is 0.257 e. The van der Waals surface area contributed by atoms with E-state index in [0.29, 0.717) is 54.3 Å². The Morgan fingerprint density at radius 2 is 1.89 bits per heavy atom. The fourth-order valence-corrected chi connectivity index (χ4v) is 5.88. The summed E-state index contributed by atoms with van der Waals surface area (Å²) in [6, 6.07) is 11.5. The first-order valence-corrected chi connectivity index (χ1v) is 13.6. The molecule has 184 valence electrons. The van der Waals surface area contributed by atoms with E-state index >= 15 is 0 Å². The molecule has 1 unspecified atom stereocenters. The molecule has 0 bridgehead atoms. The molecule has 1 saturated heterocycles. The second-order valence-corrected chi connectivity index (χ2v) is 11.2. The van der Waals surface area contributed by atoms with E-state index in [1.807, 2.05) is 23.6 Å². The van der Waals surface area contributed by atoms with Crippen LogP contribution in [0.5, 0.6) is 11.5 Å². The number of benzene rings is 2. The Morgan fingerprint density at radius 1 is 1.11 bits per heavy atom. The Morgan fingerprint density at radius 3 is 2.63 bits per heavy atom. The minimum Gasteiger partial charge on any atom is -0.486 e. The number of ether oxygens (including phenoxy) is 3. The molecule has 2 aliphatic rings. The van der Waals surface area contributed by atoms with Gasteiger partial charge in [0.15, 0.2) is 16.6 Å². The Labute approximate surface area is 207 Å². The SMILES string of the molecule is CN(CC1CCCO1)S(=O)(=O)c1ccc(C(=O)Nc2nc(-c3ccc4c(c3)OCCO4)cs2)cc1. The van der Waals surface area contributed by atoms with Crippen LogP contribution in [0.25, 0.3) is 11.3 Å². The van der Waals surface area contributed by atoms with Gasteiger partial charge in [-0.15, -0.1) is 11.3 Å². The largest absolute Gasteiger partial charge is 0.486 e. The molecular weight excluding hydrogens is 490 g/mol. The summed E-state index contributed by atoms with van der Waals surface area (Å²) >= 11 is 1.30. The molecule has 5 rings (SSSR count). The van der Waals surface area contributed by atoms with Crippen molar-refractivity contribution in [2.24, 2.45) is 0 Å². The highest BCUT2D eigenvalue weighted by atomic mass is 32.2. The lowest BCUT2D eigenvalue weighted by Crippen LogP contribution is -2.34. The molecule has 3 aromatic rings. The van der Waals surface area contributed by atoms with Crippen LogP contribution in [0, 0.1) is 0 Å². The van der Waals surface area contributed by atoms with E-state index in [4.69, 9.17) is 14.2 Å². The molecule has 1 fully saturated rings. The standard InChI is InChI=1S/C24H25N3O6S2/c1-27(14-18-3-2-10-31-18)35(29,30)19-7-4-16(5-8-19)23(28)26-24-25-20(15-34-24)17-6-9-21-22(13-17)33-12-11-32-21/h4-9,13,15,18H,2-3,10-12,14H2,1H3,(H,25,26,28). The topological polar surface area (TPSA) is 107 Å². The summed E-state index contributed by atoms with van der Waals surface area (Å²) in [6.07, 6.45) is 1.72. The van der Waals surface area contributed by atoms with Gasteiger partial charge in [0.1, 0.15) is 13.2 Å². The second kappa shape index (κ2) is 9.94. The fraction of sp³-hybridized carbons (Fsp3) is 0.333. The first-order chi connectivity index (χ1) is 16.9. The van der Waals surface area contributed by atoms with Crippen molar-refractivity contribution < 1.29 is 27.4 Å². The average Bonchev–Trinajstić information content (AvgIpc) is 3.56. The highest BCUT2D eigenvalue weighted by molar-refractivity contribution is 7.89. The van der Waals surface area contributed by atoms with Gasteiger partial charge >= 0.3 is 0 Å². The number of rotatable bonds is 7. The van der Waals surface area contributed by atoms with Gasteiger partial charge in [-0.05, 0) is 55.3 Å². The zero-order valence-electron chi connectivity index (χ0n) is 19.1. The zero-order chi connectivity index (χ0) is 24.4. The summed E-state index contributed by atoms with van der Waals surface area (Å²) in [6.45, 7) is 2.00. The van der Waals surface area contributed by atoms with E-state index in [9.17, 15) is 13.2 Å². The summed E-state index contributed by atoms with van der Waals surface area (Å²) in [5.74, 6) is 1.00. The predicted octanol–water partition coefficient (Wildman–Crippen LogP) is 3.63. The molecule has 3 heterocycles. The molecule has 0 saturated carbocycles. The normalized spacial score (nSPS) is 17.5. The van der Waals surface area contributed by atoms with Gasteiger partial charge in [0.05, 0.1) is 16.7 Å². The van der Waals surface area contributed by atoms with Gasteiger partial charge in [-0.2, -0.15) is 4.31 Å². The van der Waals surface area contributed by atoms with Crippen LogP contribution in [-0.2, 0) is 14.8 Å². The average molecular weight is 516 g/mol. The van der Waals surface area contributed by atoms with Crippen LogP contribution in [-0.4, -0.2) is 63.1 Å². The van der Waals surface area contributed by atoms with Crippen molar-refractivity contribution in [3.63, 3.8) is 0 Å². The first-order valence-electron chi connectivity index (χ1n) is 11.2. The predicted molar refractivity (Wildman–Crippen MR) is 132 cm³/mol. The van der Waals surface area contributed by atoms with E-state index < -0.39 is 10.0 Å². The van der Waals surface area contributed by atoms with Gasteiger partial charge in [0, 0.05) is 36.7 Å². The molecule has 0 aliphatic carbocycles. The van der Waals surface area contributed by atoms with E-state index in [1.165, 1.54) is 39.9 Å². The number of hydrogen-bond acceptors (Lipinski definition) is 8. The number of nitrogens with one attached hydrogen (secondary N) is 1. The van der Waals surface area contributed by atoms with Crippen molar-refractivity contribution in [1.29, 1.82) is 0 Å². The summed E-state index contributed by atoms with van der Waals surface area (Å²) < 4.78 is 43.7. The van der Waals surface area contributed by atoms with E-state index in [0.717, 1.165) is 18.4 Å². The summed E-state index contributed by atoms with van der Waals surface area (Å²) in [4.78, 5) is 17.3. The Balaban J connectivity index is 1.24. The number of carbonyl (C=O) groups is 1. The molecule has 2 aromatic carbocycles. The number of anilines is 1. The third-order valence-corrected chi connectivity index (χ3v) is 8.47. The van der Waals surface area contributed by atoms with Crippen LogP contribution in [0.15, 0.2) is 52.7 Å². The van der Waals surface area contributed by atoms with Gasteiger partial charge < -0.3 is 14.2 Å². The Bertz CT molecular complexity index is 1320. The molecular formula is C24H25N3O6S2. The van der Waals surface area contributed by atoms with Crippen LogP contribution < -0.4 is 14.8 Å². The fourth-order valence-electron chi connectivity index (χ4n) is 3.97. The van der Waals surface area contributed by atoms with Gasteiger partial charge in [0.2, 0.25) is 10.0 Å². The molecule has 0 radical (unpaired) electrons. The lowest BCUT2D eigenvalue weighted by Gasteiger charge is -2.20. The molecule has 0 spiro atoms. The number of hydrogen-bond donors (Lipinski definition) is 1.